The summed E-state index contributed by atoms with van der Waals surface area (Å²) in [5.74, 6) is 2.76. The zero-order valence-corrected chi connectivity index (χ0v) is 12.6. The molecule has 0 radical (unpaired) electrons. The topological polar surface area (TPSA) is 102 Å². The van der Waals surface area contributed by atoms with Crippen LogP contribution in [0.5, 0.6) is 0 Å². The Morgan fingerprint density at radius 2 is 2.09 bits per heavy atom. The van der Waals surface area contributed by atoms with E-state index in [2.05, 4.69) is 29.9 Å². The van der Waals surface area contributed by atoms with Crippen molar-refractivity contribution < 1.29 is 0 Å². The van der Waals surface area contributed by atoms with Crippen LogP contribution in [0.2, 0.25) is 0 Å². The number of rotatable bonds is 3. The Labute approximate surface area is 133 Å². The molecule has 1 unspecified atom stereocenters. The molecule has 1 fully saturated rings. The van der Waals surface area contributed by atoms with Gasteiger partial charge in [0.15, 0.2) is 11.6 Å². The van der Waals surface area contributed by atoms with Crippen molar-refractivity contribution in [3.63, 3.8) is 0 Å². The van der Waals surface area contributed by atoms with Gasteiger partial charge in [-0.2, -0.15) is 5.10 Å². The summed E-state index contributed by atoms with van der Waals surface area (Å²) in [7, 11) is 0. The predicted octanol–water partition coefficient (Wildman–Crippen LogP) is 1.35. The first kappa shape index (κ1) is 13.7. The van der Waals surface area contributed by atoms with Gasteiger partial charge in [-0.3, -0.25) is 0 Å². The standard InChI is InChI=1S/C15H18N8/c16-12-14(19-10-20-15(12)23-8-2-4-21-23)22-7-1-3-11(9-22)13-17-5-6-18-13/h2,4-6,8,10-11H,1,3,7,9,16H2,(H,17,18). The maximum Gasteiger partial charge on any atom is 0.181 e. The van der Waals surface area contributed by atoms with Crippen molar-refractivity contribution in [3.8, 4) is 5.82 Å². The molecule has 1 atom stereocenters. The number of aromatic amines is 1. The van der Waals surface area contributed by atoms with Gasteiger partial charge in [0.25, 0.3) is 0 Å². The fourth-order valence-corrected chi connectivity index (χ4v) is 3.10. The minimum atomic E-state index is 0.362. The van der Waals surface area contributed by atoms with Crippen molar-refractivity contribution in [1.82, 2.24) is 29.7 Å². The number of nitrogens with zero attached hydrogens (tertiary/aromatic N) is 6. The third-order valence-corrected chi connectivity index (χ3v) is 4.19. The van der Waals surface area contributed by atoms with Gasteiger partial charge in [-0.1, -0.05) is 0 Å². The van der Waals surface area contributed by atoms with E-state index < -0.39 is 0 Å². The number of H-pyrrole nitrogens is 1. The van der Waals surface area contributed by atoms with Gasteiger partial charge in [-0.25, -0.2) is 19.6 Å². The fourth-order valence-electron chi connectivity index (χ4n) is 3.10. The molecule has 4 rings (SSSR count). The normalized spacial score (nSPS) is 18.3. The molecule has 1 saturated heterocycles. The Morgan fingerprint density at radius 1 is 1.17 bits per heavy atom. The van der Waals surface area contributed by atoms with Crippen LogP contribution in [-0.4, -0.2) is 42.8 Å². The summed E-state index contributed by atoms with van der Waals surface area (Å²) >= 11 is 0. The number of nitrogens with two attached hydrogens (primary N) is 1. The van der Waals surface area contributed by atoms with Gasteiger partial charge in [0.2, 0.25) is 0 Å². The predicted molar refractivity (Wildman–Crippen MR) is 86.3 cm³/mol. The number of imidazole rings is 1. The summed E-state index contributed by atoms with van der Waals surface area (Å²) in [4.78, 5) is 18.5. The molecule has 0 spiro atoms. The first-order chi connectivity index (χ1) is 11.3. The largest absolute Gasteiger partial charge is 0.393 e. The maximum absolute atomic E-state index is 6.32. The molecular weight excluding hydrogens is 292 g/mol. The van der Waals surface area contributed by atoms with Crippen LogP contribution in [-0.2, 0) is 0 Å². The van der Waals surface area contributed by atoms with Crippen molar-refractivity contribution in [3.05, 3.63) is 43.0 Å². The van der Waals surface area contributed by atoms with E-state index in [9.17, 15) is 0 Å². The molecule has 0 saturated carbocycles. The minimum absolute atomic E-state index is 0.362. The van der Waals surface area contributed by atoms with Crippen molar-refractivity contribution in [2.45, 2.75) is 18.8 Å². The van der Waals surface area contributed by atoms with Gasteiger partial charge < -0.3 is 15.6 Å². The molecule has 0 amide bonds. The Hall–Kier alpha value is -2.90. The highest BCUT2D eigenvalue weighted by Gasteiger charge is 2.26. The van der Waals surface area contributed by atoms with Gasteiger partial charge in [0.1, 0.15) is 17.8 Å². The molecule has 3 aromatic rings. The SMILES string of the molecule is Nc1c(N2CCCC(c3ncc[nH]3)C2)ncnc1-n1cccn1. The lowest BCUT2D eigenvalue weighted by molar-refractivity contribution is 0.491. The summed E-state index contributed by atoms with van der Waals surface area (Å²) in [6.07, 6.45) is 10.9. The number of anilines is 2. The number of piperidine rings is 1. The Balaban J connectivity index is 1.64. The summed E-state index contributed by atoms with van der Waals surface area (Å²) < 4.78 is 1.66. The minimum Gasteiger partial charge on any atom is -0.393 e. The number of aromatic nitrogens is 6. The van der Waals surface area contributed by atoms with Gasteiger partial charge in [0, 0.05) is 43.8 Å². The van der Waals surface area contributed by atoms with E-state index in [-0.39, 0.29) is 0 Å². The summed E-state index contributed by atoms with van der Waals surface area (Å²) in [6.45, 7) is 1.77. The average Bonchev–Trinajstić information content (AvgIpc) is 3.29. The molecule has 0 aliphatic carbocycles. The van der Waals surface area contributed by atoms with Crippen molar-refractivity contribution in [2.24, 2.45) is 0 Å². The second-order valence-corrected chi connectivity index (χ2v) is 5.64. The van der Waals surface area contributed by atoms with Crippen LogP contribution < -0.4 is 10.6 Å². The van der Waals surface area contributed by atoms with Crippen LogP contribution in [0.3, 0.4) is 0 Å². The van der Waals surface area contributed by atoms with Crippen LogP contribution in [0.25, 0.3) is 5.82 Å². The molecule has 8 nitrogen and oxygen atoms in total. The number of hydrogen-bond donors (Lipinski definition) is 2. The van der Waals surface area contributed by atoms with Gasteiger partial charge in [-0.05, 0) is 18.9 Å². The molecule has 1 aliphatic heterocycles. The van der Waals surface area contributed by atoms with Crippen molar-refractivity contribution in [2.75, 3.05) is 23.7 Å². The smallest absolute Gasteiger partial charge is 0.181 e. The number of hydrogen-bond acceptors (Lipinski definition) is 6. The van der Waals surface area contributed by atoms with Gasteiger partial charge >= 0.3 is 0 Å². The monoisotopic (exact) mass is 310 g/mol. The Morgan fingerprint density at radius 3 is 2.87 bits per heavy atom. The number of nitrogen functional groups attached to an aromatic ring is 1. The Bertz CT molecular complexity index is 765. The average molecular weight is 310 g/mol. The lowest BCUT2D eigenvalue weighted by Gasteiger charge is -2.33. The van der Waals surface area contributed by atoms with E-state index in [1.165, 1.54) is 0 Å². The second kappa shape index (κ2) is 5.71. The highest BCUT2D eigenvalue weighted by Crippen LogP contribution is 2.31. The van der Waals surface area contributed by atoms with Crippen LogP contribution in [0.1, 0.15) is 24.6 Å². The van der Waals surface area contributed by atoms with Crippen LogP contribution in [0.4, 0.5) is 11.5 Å². The fraction of sp³-hybridized carbons (Fsp3) is 0.333. The van der Waals surface area contributed by atoms with Crippen molar-refractivity contribution >= 4 is 11.5 Å². The molecule has 3 N–H and O–H groups in total. The third-order valence-electron chi connectivity index (χ3n) is 4.19. The zero-order valence-electron chi connectivity index (χ0n) is 12.6. The van der Waals surface area contributed by atoms with E-state index in [0.717, 1.165) is 37.6 Å². The van der Waals surface area contributed by atoms with Crippen LogP contribution >= 0.6 is 0 Å². The summed E-state index contributed by atoms with van der Waals surface area (Å²) in [6, 6.07) is 1.84. The first-order valence-electron chi connectivity index (χ1n) is 7.67. The quantitative estimate of drug-likeness (QED) is 0.757. The lowest BCUT2D eigenvalue weighted by Crippen LogP contribution is -2.36. The third kappa shape index (κ3) is 2.52. The highest BCUT2D eigenvalue weighted by molar-refractivity contribution is 5.70. The maximum atomic E-state index is 6.32. The molecule has 0 aromatic carbocycles. The summed E-state index contributed by atoms with van der Waals surface area (Å²) in [5.41, 5.74) is 6.87. The highest BCUT2D eigenvalue weighted by atomic mass is 15.3. The molecule has 3 aromatic heterocycles. The lowest BCUT2D eigenvalue weighted by atomic mass is 9.97. The molecule has 8 heteroatoms. The first-order valence-corrected chi connectivity index (χ1v) is 7.67. The molecule has 1 aliphatic rings. The van der Waals surface area contributed by atoms with Gasteiger partial charge in [0.05, 0.1) is 0 Å². The van der Waals surface area contributed by atoms with Crippen LogP contribution in [0, 0.1) is 0 Å². The summed E-state index contributed by atoms with van der Waals surface area (Å²) in [5, 5.41) is 4.20. The van der Waals surface area contributed by atoms with Crippen LogP contribution in [0.15, 0.2) is 37.2 Å². The van der Waals surface area contributed by atoms with Gasteiger partial charge in [-0.15, -0.1) is 0 Å². The molecule has 0 bridgehead atoms. The van der Waals surface area contributed by atoms with E-state index in [1.807, 2.05) is 18.5 Å². The van der Waals surface area contributed by atoms with E-state index >= 15 is 0 Å². The van der Waals surface area contributed by atoms with E-state index in [1.54, 1.807) is 23.4 Å². The van der Waals surface area contributed by atoms with Crippen molar-refractivity contribution in [1.29, 1.82) is 0 Å². The Kier molecular flexibility index (Phi) is 3.41. The molecule has 4 heterocycles. The number of nitrogens with one attached hydrogen (secondary N) is 1. The van der Waals surface area contributed by atoms with E-state index in [4.69, 9.17) is 5.73 Å². The molecule has 118 valence electrons. The zero-order chi connectivity index (χ0) is 15.6. The van der Waals surface area contributed by atoms with E-state index in [0.29, 0.717) is 17.4 Å². The molecular formula is C15H18N8. The second-order valence-electron chi connectivity index (χ2n) is 5.64. The molecule has 23 heavy (non-hydrogen) atoms.